The number of nitrogens with zero attached hydrogens (tertiary/aromatic N) is 2. The van der Waals surface area contributed by atoms with Crippen molar-refractivity contribution in [3.8, 4) is 0 Å². The third-order valence-corrected chi connectivity index (χ3v) is 4.64. The Bertz CT molecular complexity index is 752. The summed E-state index contributed by atoms with van der Waals surface area (Å²) in [5, 5.41) is 0.304. The van der Waals surface area contributed by atoms with Crippen molar-refractivity contribution in [3.05, 3.63) is 41.1 Å². The second-order valence-electron chi connectivity index (χ2n) is 5.42. The van der Waals surface area contributed by atoms with Crippen molar-refractivity contribution in [2.45, 2.75) is 26.4 Å². The molecule has 0 saturated carbocycles. The van der Waals surface area contributed by atoms with Crippen molar-refractivity contribution in [3.63, 3.8) is 0 Å². The van der Waals surface area contributed by atoms with Crippen LogP contribution in [0, 0.1) is 6.92 Å². The first kappa shape index (κ1) is 15.5. The molecule has 1 amide bonds. The Morgan fingerprint density at radius 3 is 2.83 bits per heavy atom. The normalized spacial score (nSPS) is 14.4. The van der Waals surface area contributed by atoms with Crippen molar-refractivity contribution in [2.75, 3.05) is 17.2 Å². The number of nitrogens with two attached hydrogens (primary N) is 1. The van der Waals surface area contributed by atoms with Gasteiger partial charge in [-0.2, -0.15) is 4.37 Å². The molecule has 0 fully saturated rings. The molecule has 2 aromatic rings. The fraction of sp³-hybridized carbons (Fsp3) is 0.312. The molecule has 1 aromatic heterocycles. The summed E-state index contributed by atoms with van der Waals surface area (Å²) in [5.74, 6) is -0.843. The molecule has 1 aromatic carbocycles. The van der Waals surface area contributed by atoms with Crippen molar-refractivity contribution in [1.29, 1.82) is 0 Å². The lowest BCUT2D eigenvalue weighted by atomic mass is 10.2. The number of ether oxygens (including phenoxy) is 1. The minimum absolute atomic E-state index is 0.234. The molecule has 0 bridgehead atoms. The van der Waals surface area contributed by atoms with Crippen LogP contribution in [0.3, 0.4) is 0 Å². The molecule has 6 nitrogen and oxygen atoms in total. The maximum Gasteiger partial charge on any atom is 0.343 e. The second kappa shape index (κ2) is 6.00. The van der Waals surface area contributed by atoms with Crippen molar-refractivity contribution in [2.24, 2.45) is 0 Å². The molecule has 2 heterocycles. The van der Waals surface area contributed by atoms with Gasteiger partial charge in [0.1, 0.15) is 10.6 Å². The molecule has 3 rings (SSSR count). The van der Waals surface area contributed by atoms with Crippen LogP contribution < -0.4 is 10.6 Å². The number of benzene rings is 1. The number of amides is 1. The van der Waals surface area contributed by atoms with E-state index in [0.717, 1.165) is 29.2 Å². The first-order valence-electron chi connectivity index (χ1n) is 7.31. The lowest BCUT2D eigenvalue weighted by molar-refractivity contribution is -0.126. The van der Waals surface area contributed by atoms with Crippen LogP contribution >= 0.6 is 11.5 Å². The summed E-state index contributed by atoms with van der Waals surface area (Å²) >= 11 is 1.04. The van der Waals surface area contributed by atoms with Gasteiger partial charge in [-0.15, -0.1) is 0 Å². The van der Waals surface area contributed by atoms with Crippen LogP contribution in [0.2, 0.25) is 0 Å². The van der Waals surface area contributed by atoms with E-state index in [9.17, 15) is 9.59 Å². The Morgan fingerprint density at radius 1 is 1.39 bits per heavy atom. The molecule has 1 atom stereocenters. The molecule has 2 N–H and O–H groups in total. The van der Waals surface area contributed by atoms with Gasteiger partial charge in [-0.3, -0.25) is 4.79 Å². The van der Waals surface area contributed by atoms with E-state index in [-0.39, 0.29) is 11.5 Å². The number of nitrogen functional groups attached to an aromatic ring is 1. The summed E-state index contributed by atoms with van der Waals surface area (Å²) in [4.78, 5) is 26.5. The lowest BCUT2D eigenvalue weighted by Gasteiger charge is -2.21. The lowest BCUT2D eigenvalue weighted by Crippen LogP contribution is -2.39. The molecule has 7 heteroatoms. The van der Waals surface area contributed by atoms with E-state index in [1.54, 1.807) is 18.7 Å². The van der Waals surface area contributed by atoms with Gasteiger partial charge in [-0.25, -0.2) is 4.79 Å². The highest BCUT2D eigenvalue weighted by Crippen LogP contribution is 2.28. The summed E-state index contributed by atoms with van der Waals surface area (Å²) in [5.41, 5.74) is 8.51. The topological polar surface area (TPSA) is 85.5 Å². The predicted octanol–water partition coefficient (Wildman–Crippen LogP) is 2.17. The van der Waals surface area contributed by atoms with Gasteiger partial charge in [0.15, 0.2) is 6.10 Å². The number of carbonyl (C=O) groups excluding carboxylic acids is 2. The highest BCUT2D eigenvalue weighted by molar-refractivity contribution is 7.10. The number of hydrogen-bond donors (Lipinski definition) is 1. The van der Waals surface area contributed by atoms with E-state index in [2.05, 4.69) is 4.37 Å². The largest absolute Gasteiger partial charge is 0.449 e. The molecule has 0 unspecified atom stereocenters. The Labute approximate surface area is 138 Å². The molecule has 120 valence electrons. The summed E-state index contributed by atoms with van der Waals surface area (Å²) < 4.78 is 9.32. The van der Waals surface area contributed by atoms with Crippen LogP contribution in [0.25, 0.3) is 0 Å². The van der Waals surface area contributed by atoms with Crippen LogP contribution in [-0.4, -0.2) is 28.9 Å². The smallest absolute Gasteiger partial charge is 0.343 e. The monoisotopic (exact) mass is 331 g/mol. The highest BCUT2D eigenvalue weighted by atomic mass is 32.1. The van der Waals surface area contributed by atoms with Gasteiger partial charge < -0.3 is 15.4 Å². The van der Waals surface area contributed by atoms with Crippen molar-refractivity contribution < 1.29 is 14.3 Å². The standard InChI is InChI=1S/C16H17N3O3S/c1-9-13(14(17)23-18-9)16(21)22-10(2)15(20)19-8-7-11-5-3-4-6-12(11)19/h3-6,10H,7-8,17H2,1-2H3/t10-/m0/s1. The van der Waals surface area contributed by atoms with E-state index >= 15 is 0 Å². The van der Waals surface area contributed by atoms with Crippen LogP contribution in [0.4, 0.5) is 10.7 Å². The van der Waals surface area contributed by atoms with Crippen LogP contribution in [0.1, 0.15) is 28.5 Å². The molecule has 1 aliphatic rings. The van der Waals surface area contributed by atoms with Gasteiger partial charge in [-0.1, -0.05) is 18.2 Å². The van der Waals surface area contributed by atoms with Crippen molar-refractivity contribution >= 4 is 34.1 Å². The first-order chi connectivity index (χ1) is 11.0. The van der Waals surface area contributed by atoms with Crippen LogP contribution in [-0.2, 0) is 16.0 Å². The third-order valence-electron chi connectivity index (χ3n) is 3.88. The van der Waals surface area contributed by atoms with Gasteiger partial charge in [-0.05, 0) is 43.4 Å². The molecule has 0 radical (unpaired) electrons. The number of esters is 1. The summed E-state index contributed by atoms with van der Waals surface area (Å²) in [7, 11) is 0. The number of para-hydroxylation sites is 1. The van der Waals surface area contributed by atoms with Crippen LogP contribution in [0.5, 0.6) is 0 Å². The number of aromatic nitrogens is 1. The third kappa shape index (κ3) is 2.79. The maximum absolute atomic E-state index is 12.6. The minimum Gasteiger partial charge on any atom is -0.449 e. The van der Waals surface area contributed by atoms with Crippen LogP contribution in [0.15, 0.2) is 24.3 Å². The Balaban J connectivity index is 1.73. The quantitative estimate of drug-likeness (QED) is 0.871. The highest BCUT2D eigenvalue weighted by Gasteiger charge is 2.31. The molecular formula is C16H17N3O3S. The number of rotatable bonds is 3. The summed E-state index contributed by atoms with van der Waals surface area (Å²) in [6, 6.07) is 7.74. The summed E-state index contributed by atoms with van der Waals surface area (Å²) in [6.07, 6.45) is -0.0735. The zero-order valence-electron chi connectivity index (χ0n) is 12.9. The molecule has 1 aliphatic heterocycles. The average Bonchev–Trinajstić information content (AvgIpc) is 3.10. The number of aryl methyl sites for hydroxylation is 1. The molecule has 0 aliphatic carbocycles. The first-order valence-corrected chi connectivity index (χ1v) is 8.08. The molecular weight excluding hydrogens is 314 g/mol. The van der Waals surface area contributed by atoms with Crippen molar-refractivity contribution in [1.82, 2.24) is 4.37 Å². The van der Waals surface area contributed by atoms with Gasteiger partial charge in [0.05, 0.1) is 5.69 Å². The Morgan fingerprint density at radius 2 is 2.13 bits per heavy atom. The fourth-order valence-electron chi connectivity index (χ4n) is 2.69. The van der Waals surface area contributed by atoms with E-state index in [4.69, 9.17) is 10.5 Å². The molecule has 0 spiro atoms. The zero-order valence-corrected chi connectivity index (χ0v) is 13.7. The van der Waals surface area contributed by atoms with E-state index < -0.39 is 12.1 Å². The second-order valence-corrected chi connectivity index (χ2v) is 6.23. The van der Waals surface area contributed by atoms with Gasteiger partial charge >= 0.3 is 5.97 Å². The molecule has 0 saturated heterocycles. The zero-order chi connectivity index (χ0) is 16.6. The minimum atomic E-state index is -0.882. The van der Waals surface area contributed by atoms with Gasteiger partial charge in [0.2, 0.25) is 0 Å². The van der Waals surface area contributed by atoms with E-state index in [1.807, 2.05) is 24.3 Å². The van der Waals surface area contributed by atoms with Gasteiger partial charge in [0, 0.05) is 12.2 Å². The summed E-state index contributed by atoms with van der Waals surface area (Å²) in [6.45, 7) is 3.86. The average molecular weight is 331 g/mol. The number of fused-ring (bicyclic) bond motifs is 1. The number of hydrogen-bond acceptors (Lipinski definition) is 6. The number of carbonyl (C=O) groups is 2. The molecule has 23 heavy (non-hydrogen) atoms. The Hall–Kier alpha value is -2.41. The Kier molecular flexibility index (Phi) is 4.04. The fourth-order valence-corrected chi connectivity index (χ4v) is 3.34. The van der Waals surface area contributed by atoms with E-state index in [1.165, 1.54) is 0 Å². The SMILES string of the molecule is Cc1nsc(N)c1C(=O)O[C@@H](C)C(=O)N1CCc2ccccc21. The van der Waals surface area contributed by atoms with Gasteiger partial charge in [0.25, 0.3) is 5.91 Å². The predicted molar refractivity (Wildman–Crippen MR) is 88.6 cm³/mol. The van der Waals surface area contributed by atoms with E-state index in [0.29, 0.717) is 17.2 Å². The number of anilines is 2. The maximum atomic E-state index is 12.6.